The zero-order valence-corrected chi connectivity index (χ0v) is 11.5. The molecule has 0 bridgehead atoms. The highest BCUT2D eigenvalue weighted by Gasteiger charge is 2.26. The molecule has 0 saturated heterocycles. The number of hydrogen-bond acceptors (Lipinski definition) is 2. The molecule has 2 rings (SSSR count). The molecule has 1 aliphatic rings. The molecular formula is C16H24N2. The van der Waals surface area contributed by atoms with Crippen LogP contribution in [0.1, 0.15) is 43.4 Å². The zero-order chi connectivity index (χ0) is 13.0. The van der Waals surface area contributed by atoms with Gasteiger partial charge in [-0.05, 0) is 56.2 Å². The number of pyridine rings is 1. The maximum Gasteiger partial charge on any atom is 0.0441 e. The van der Waals surface area contributed by atoms with Crippen molar-refractivity contribution in [1.82, 2.24) is 10.3 Å². The Labute approximate surface area is 111 Å². The molecule has 0 radical (unpaired) electrons. The van der Waals surface area contributed by atoms with E-state index in [-0.39, 0.29) is 0 Å². The maximum atomic E-state index is 4.56. The van der Waals surface area contributed by atoms with Crippen LogP contribution >= 0.6 is 0 Å². The molecule has 1 aromatic heterocycles. The van der Waals surface area contributed by atoms with Gasteiger partial charge in [-0.15, -0.1) is 6.58 Å². The van der Waals surface area contributed by atoms with Crippen molar-refractivity contribution in [2.75, 3.05) is 7.05 Å². The second kappa shape index (κ2) is 6.14. The standard InChI is InChI=1S/C16H24N2/c1-4-6-14(17-3)11-13-9-12(2)10-16-15(13)7-5-8-18-16/h4-5,7-8,12-14,17H,1,6,9-11H2,2-3H3/t12-,13-,14+/m1/s1. The first-order chi connectivity index (χ1) is 8.74. The Hall–Kier alpha value is -1.15. The molecule has 1 aromatic rings. The van der Waals surface area contributed by atoms with Gasteiger partial charge < -0.3 is 5.32 Å². The van der Waals surface area contributed by atoms with Crippen molar-refractivity contribution in [1.29, 1.82) is 0 Å². The van der Waals surface area contributed by atoms with E-state index < -0.39 is 0 Å². The minimum atomic E-state index is 0.533. The molecule has 2 nitrogen and oxygen atoms in total. The lowest BCUT2D eigenvalue weighted by Gasteiger charge is -2.31. The molecule has 0 spiro atoms. The van der Waals surface area contributed by atoms with Gasteiger partial charge >= 0.3 is 0 Å². The SMILES string of the molecule is C=CC[C@@H](C[C@H]1C[C@@H](C)Cc2ncccc21)NC. The van der Waals surface area contributed by atoms with E-state index in [4.69, 9.17) is 0 Å². The van der Waals surface area contributed by atoms with E-state index in [1.165, 1.54) is 24.1 Å². The van der Waals surface area contributed by atoms with Crippen molar-refractivity contribution >= 4 is 0 Å². The highest BCUT2D eigenvalue weighted by atomic mass is 14.9. The molecule has 98 valence electrons. The second-order valence-electron chi connectivity index (χ2n) is 5.53. The average Bonchev–Trinajstić information content (AvgIpc) is 2.38. The van der Waals surface area contributed by atoms with E-state index in [2.05, 4.69) is 35.9 Å². The number of fused-ring (bicyclic) bond motifs is 1. The van der Waals surface area contributed by atoms with Crippen LogP contribution in [-0.4, -0.2) is 18.1 Å². The van der Waals surface area contributed by atoms with Crippen molar-refractivity contribution < 1.29 is 0 Å². The van der Waals surface area contributed by atoms with Gasteiger partial charge in [-0.25, -0.2) is 0 Å². The van der Waals surface area contributed by atoms with E-state index in [0.29, 0.717) is 12.0 Å². The number of nitrogens with zero attached hydrogens (tertiary/aromatic N) is 1. The van der Waals surface area contributed by atoms with E-state index >= 15 is 0 Å². The van der Waals surface area contributed by atoms with E-state index in [1.54, 1.807) is 0 Å². The first kappa shape index (κ1) is 13.3. The van der Waals surface area contributed by atoms with Crippen molar-refractivity contribution in [3.8, 4) is 0 Å². The van der Waals surface area contributed by atoms with E-state index in [0.717, 1.165) is 18.8 Å². The maximum absolute atomic E-state index is 4.56. The van der Waals surface area contributed by atoms with Crippen LogP contribution in [-0.2, 0) is 6.42 Å². The molecule has 2 heteroatoms. The van der Waals surface area contributed by atoms with Crippen molar-refractivity contribution in [2.24, 2.45) is 5.92 Å². The largest absolute Gasteiger partial charge is 0.317 e. The summed E-state index contributed by atoms with van der Waals surface area (Å²) in [6.45, 7) is 6.19. The van der Waals surface area contributed by atoms with E-state index in [1.807, 2.05) is 19.3 Å². The minimum Gasteiger partial charge on any atom is -0.317 e. The van der Waals surface area contributed by atoms with Crippen molar-refractivity contribution in [3.05, 3.63) is 42.2 Å². The number of rotatable bonds is 5. The predicted octanol–water partition coefficient (Wildman–Crippen LogP) is 3.30. The van der Waals surface area contributed by atoms with Gasteiger partial charge in [-0.2, -0.15) is 0 Å². The van der Waals surface area contributed by atoms with Gasteiger partial charge in [-0.1, -0.05) is 19.1 Å². The van der Waals surface area contributed by atoms with Gasteiger partial charge in [-0.3, -0.25) is 4.98 Å². The van der Waals surface area contributed by atoms with Gasteiger partial charge in [0.25, 0.3) is 0 Å². The van der Waals surface area contributed by atoms with Crippen molar-refractivity contribution in [2.45, 2.75) is 44.6 Å². The lowest BCUT2D eigenvalue weighted by atomic mass is 9.77. The van der Waals surface area contributed by atoms with Crippen LogP contribution in [0.3, 0.4) is 0 Å². The molecule has 0 saturated carbocycles. The zero-order valence-electron chi connectivity index (χ0n) is 11.5. The minimum absolute atomic E-state index is 0.533. The third kappa shape index (κ3) is 2.99. The van der Waals surface area contributed by atoms with Gasteiger partial charge in [0.15, 0.2) is 0 Å². The summed E-state index contributed by atoms with van der Waals surface area (Å²) < 4.78 is 0. The van der Waals surface area contributed by atoms with Crippen LogP contribution in [0.2, 0.25) is 0 Å². The van der Waals surface area contributed by atoms with Crippen LogP contribution in [0.15, 0.2) is 31.0 Å². The molecule has 0 fully saturated rings. The fraction of sp³-hybridized carbons (Fsp3) is 0.562. The predicted molar refractivity (Wildman–Crippen MR) is 76.7 cm³/mol. The summed E-state index contributed by atoms with van der Waals surface area (Å²) in [4.78, 5) is 4.56. The monoisotopic (exact) mass is 244 g/mol. The first-order valence-corrected chi connectivity index (χ1v) is 6.96. The Morgan fingerprint density at radius 3 is 3.17 bits per heavy atom. The van der Waals surface area contributed by atoms with Gasteiger partial charge in [0.1, 0.15) is 0 Å². The van der Waals surface area contributed by atoms with Crippen LogP contribution < -0.4 is 5.32 Å². The van der Waals surface area contributed by atoms with Crippen molar-refractivity contribution in [3.63, 3.8) is 0 Å². The van der Waals surface area contributed by atoms with Gasteiger partial charge in [0.2, 0.25) is 0 Å². The molecule has 1 heterocycles. The molecule has 0 unspecified atom stereocenters. The summed E-state index contributed by atoms with van der Waals surface area (Å²) in [6, 6.07) is 4.87. The Bertz CT molecular complexity index is 400. The fourth-order valence-electron chi connectivity index (χ4n) is 3.12. The average molecular weight is 244 g/mol. The molecule has 3 atom stereocenters. The van der Waals surface area contributed by atoms with E-state index in [9.17, 15) is 0 Å². The molecule has 0 aromatic carbocycles. The molecule has 0 amide bonds. The summed E-state index contributed by atoms with van der Waals surface area (Å²) in [5.74, 6) is 1.40. The molecule has 0 aliphatic heterocycles. The highest BCUT2D eigenvalue weighted by molar-refractivity contribution is 5.27. The Balaban J connectivity index is 2.15. The Kier molecular flexibility index (Phi) is 4.54. The Morgan fingerprint density at radius 1 is 1.61 bits per heavy atom. The van der Waals surface area contributed by atoms with Crippen LogP contribution in [0.25, 0.3) is 0 Å². The summed E-state index contributed by atoms with van der Waals surface area (Å²) >= 11 is 0. The molecule has 1 aliphatic carbocycles. The normalized spacial score (nSPS) is 24.3. The quantitative estimate of drug-likeness (QED) is 0.804. The van der Waals surface area contributed by atoms with Gasteiger partial charge in [0.05, 0.1) is 0 Å². The second-order valence-corrected chi connectivity index (χ2v) is 5.53. The number of hydrogen-bond donors (Lipinski definition) is 1. The third-order valence-electron chi connectivity index (χ3n) is 4.02. The fourth-order valence-corrected chi connectivity index (χ4v) is 3.12. The smallest absolute Gasteiger partial charge is 0.0441 e. The molecular weight excluding hydrogens is 220 g/mol. The lowest BCUT2D eigenvalue weighted by molar-refractivity contribution is 0.371. The Morgan fingerprint density at radius 2 is 2.44 bits per heavy atom. The molecule has 18 heavy (non-hydrogen) atoms. The summed E-state index contributed by atoms with van der Waals surface area (Å²) in [6.07, 6.45) is 8.58. The highest BCUT2D eigenvalue weighted by Crippen LogP contribution is 2.36. The van der Waals surface area contributed by atoms with Crippen LogP contribution in [0.5, 0.6) is 0 Å². The number of nitrogens with one attached hydrogen (secondary N) is 1. The lowest BCUT2D eigenvalue weighted by Crippen LogP contribution is -2.29. The summed E-state index contributed by atoms with van der Waals surface area (Å²) in [5.41, 5.74) is 2.79. The summed E-state index contributed by atoms with van der Waals surface area (Å²) in [5, 5.41) is 3.40. The number of aromatic nitrogens is 1. The van der Waals surface area contributed by atoms with Crippen LogP contribution in [0.4, 0.5) is 0 Å². The van der Waals surface area contributed by atoms with Gasteiger partial charge in [0, 0.05) is 17.9 Å². The summed E-state index contributed by atoms with van der Waals surface area (Å²) in [7, 11) is 2.05. The topological polar surface area (TPSA) is 24.9 Å². The molecule has 1 N–H and O–H groups in total. The van der Waals surface area contributed by atoms with Crippen LogP contribution in [0, 0.1) is 5.92 Å². The third-order valence-corrected chi connectivity index (χ3v) is 4.02. The first-order valence-electron chi connectivity index (χ1n) is 6.96.